The molecule has 0 aromatic heterocycles. The molecule has 0 atom stereocenters. The molecule has 2 rings (SSSR count). The van der Waals surface area contributed by atoms with Crippen LogP contribution in [0.15, 0.2) is 48.5 Å². The number of benzene rings is 2. The van der Waals surface area contributed by atoms with Crippen LogP contribution >= 0.6 is 0 Å². The molecule has 0 heterocycles. The van der Waals surface area contributed by atoms with E-state index in [1.165, 1.54) is 0 Å². The van der Waals surface area contributed by atoms with Gasteiger partial charge >= 0.3 is 0 Å². The Hall–Kier alpha value is -2.00. The van der Waals surface area contributed by atoms with E-state index < -0.39 is 0 Å². The second kappa shape index (κ2) is 5.37. The van der Waals surface area contributed by atoms with Gasteiger partial charge in [-0.2, -0.15) is 0 Å². The van der Waals surface area contributed by atoms with Crippen molar-refractivity contribution in [3.05, 3.63) is 59.7 Å². The van der Waals surface area contributed by atoms with Crippen LogP contribution in [0.2, 0.25) is 0 Å². The number of ether oxygens (including phenoxy) is 1. The molecule has 3 nitrogen and oxygen atoms in total. The molecule has 88 valence electrons. The van der Waals surface area contributed by atoms with Crippen molar-refractivity contribution in [2.24, 2.45) is 5.84 Å². The predicted octanol–water partition coefficient (Wildman–Crippen LogP) is 2.86. The number of aryl methyl sites for hydroxylation is 1. The monoisotopic (exact) mass is 228 g/mol. The van der Waals surface area contributed by atoms with E-state index >= 15 is 0 Å². The van der Waals surface area contributed by atoms with Gasteiger partial charge in [0.25, 0.3) is 0 Å². The predicted molar refractivity (Wildman–Crippen MR) is 69.8 cm³/mol. The van der Waals surface area contributed by atoms with Crippen molar-refractivity contribution in [2.75, 3.05) is 5.43 Å². The van der Waals surface area contributed by atoms with Gasteiger partial charge in [-0.1, -0.05) is 36.4 Å². The molecular formula is C14H16N2O. The van der Waals surface area contributed by atoms with Gasteiger partial charge in [-0.25, -0.2) is 0 Å². The largest absolute Gasteiger partial charge is 0.489 e. The molecule has 0 amide bonds. The van der Waals surface area contributed by atoms with Gasteiger partial charge in [-0.3, -0.25) is 5.84 Å². The molecule has 0 spiro atoms. The number of nitrogens with two attached hydrogens (primary N) is 1. The summed E-state index contributed by atoms with van der Waals surface area (Å²) in [7, 11) is 0. The lowest BCUT2D eigenvalue weighted by Crippen LogP contribution is -2.08. The molecule has 2 aromatic rings. The van der Waals surface area contributed by atoms with E-state index in [0.717, 1.165) is 22.6 Å². The van der Waals surface area contributed by atoms with Crippen molar-refractivity contribution in [3.63, 3.8) is 0 Å². The van der Waals surface area contributed by atoms with Crippen molar-refractivity contribution < 1.29 is 4.74 Å². The molecule has 0 aliphatic carbocycles. The molecule has 0 unspecified atom stereocenters. The summed E-state index contributed by atoms with van der Waals surface area (Å²) in [6.07, 6.45) is 0. The Morgan fingerprint density at radius 3 is 2.59 bits per heavy atom. The van der Waals surface area contributed by atoms with Crippen LogP contribution in [-0.4, -0.2) is 0 Å². The molecule has 2 aromatic carbocycles. The van der Waals surface area contributed by atoms with Gasteiger partial charge in [0, 0.05) is 6.07 Å². The molecule has 0 saturated heterocycles. The van der Waals surface area contributed by atoms with Crippen LogP contribution in [0.5, 0.6) is 5.75 Å². The fourth-order valence-electron chi connectivity index (χ4n) is 1.59. The highest BCUT2D eigenvalue weighted by Gasteiger charge is 2.00. The quantitative estimate of drug-likeness (QED) is 0.625. The number of nitrogens with one attached hydrogen (secondary N) is 1. The van der Waals surface area contributed by atoms with Gasteiger partial charge in [-0.15, -0.1) is 0 Å². The fraction of sp³-hybridized carbons (Fsp3) is 0.143. The number of hydrogen-bond acceptors (Lipinski definition) is 3. The zero-order valence-electron chi connectivity index (χ0n) is 9.81. The molecule has 17 heavy (non-hydrogen) atoms. The van der Waals surface area contributed by atoms with E-state index in [2.05, 4.69) is 5.43 Å². The summed E-state index contributed by atoms with van der Waals surface area (Å²) < 4.78 is 5.69. The average molecular weight is 228 g/mol. The zero-order valence-corrected chi connectivity index (χ0v) is 9.81. The molecule has 0 aliphatic heterocycles. The number of anilines is 1. The Kier molecular flexibility index (Phi) is 3.62. The van der Waals surface area contributed by atoms with E-state index in [1.54, 1.807) is 0 Å². The minimum Gasteiger partial charge on any atom is -0.489 e. The number of rotatable bonds is 4. The van der Waals surface area contributed by atoms with Gasteiger partial charge in [-0.05, 0) is 24.1 Å². The minimum absolute atomic E-state index is 0.563. The first-order chi connectivity index (χ1) is 8.29. The standard InChI is InChI=1S/C14H16N2O/c1-11-7-8-13(9-14(11)16-15)17-10-12-5-3-2-4-6-12/h2-9,16H,10,15H2,1H3. The average Bonchev–Trinajstić information content (AvgIpc) is 2.39. The highest BCUT2D eigenvalue weighted by molar-refractivity contribution is 5.53. The molecule has 3 heteroatoms. The molecule has 0 bridgehead atoms. The van der Waals surface area contributed by atoms with E-state index in [9.17, 15) is 0 Å². The maximum absolute atomic E-state index is 5.69. The molecular weight excluding hydrogens is 212 g/mol. The lowest BCUT2D eigenvalue weighted by molar-refractivity contribution is 0.306. The summed E-state index contributed by atoms with van der Waals surface area (Å²) >= 11 is 0. The Morgan fingerprint density at radius 2 is 1.88 bits per heavy atom. The number of hydrogen-bond donors (Lipinski definition) is 2. The summed E-state index contributed by atoms with van der Waals surface area (Å²) in [4.78, 5) is 0. The SMILES string of the molecule is Cc1ccc(OCc2ccccc2)cc1NN. The Bertz CT molecular complexity index is 483. The van der Waals surface area contributed by atoms with E-state index in [-0.39, 0.29) is 0 Å². The van der Waals surface area contributed by atoms with Crippen molar-refractivity contribution in [2.45, 2.75) is 13.5 Å². The maximum atomic E-state index is 5.69. The summed E-state index contributed by atoms with van der Waals surface area (Å²) in [5, 5.41) is 0. The van der Waals surface area contributed by atoms with Crippen LogP contribution in [-0.2, 0) is 6.61 Å². The van der Waals surface area contributed by atoms with Gasteiger partial charge in [0.15, 0.2) is 0 Å². The van der Waals surface area contributed by atoms with Gasteiger partial charge in [0.1, 0.15) is 12.4 Å². The Balaban J connectivity index is 2.04. The zero-order chi connectivity index (χ0) is 12.1. The van der Waals surface area contributed by atoms with Crippen LogP contribution in [0.4, 0.5) is 5.69 Å². The summed E-state index contributed by atoms with van der Waals surface area (Å²) in [6, 6.07) is 15.9. The number of hydrazine groups is 1. The normalized spacial score (nSPS) is 10.0. The van der Waals surface area contributed by atoms with Crippen LogP contribution < -0.4 is 16.0 Å². The van der Waals surface area contributed by atoms with Gasteiger partial charge in [0.2, 0.25) is 0 Å². The maximum Gasteiger partial charge on any atom is 0.121 e. The lowest BCUT2D eigenvalue weighted by Gasteiger charge is -2.10. The first kappa shape index (κ1) is 11.5. The van der Waals surface area contributed by atoms with Crippen molar-refractivity contribution >= 4 is 5.69 Å². The topological polar surface area (TPSA) is 47.3 Å². The Morgan fingerprint density at radius 1 is 1.12 bits per heavy atom. The highest BCUT2D eigenvalue weighted by atomic mass is 16.5. The Labute approximate surface area is 101 Å². The van der Waals surface area contributed by atoms with E-state index in [1.807, 2.05) is 55.5 Å². The van der Waals surface area contributed by atoms with Gasteiger partial charge in [0.05, 0.1) is 5.69 Å². The first-order valence-electron chi connectivity index (χ1n) is 5.53. The molecule has 0 aliphatic rings. The third-order valence-corrected chi connectivity index (χ3v) is 2.61. The fourth-order valence-corrected chi connectivity index (χ4v) is 1.59. The summed E-state index contributed by atoms with van der Waals surface area (Å²) in [6.45, 7) is 2.56. The number of nitrogen functional groups attached to an aromatic ring is 1. The molecule has 0 radical (unpaired) electrons. The van der Waals surface area contributed by atoms with Gasteiger partial charge < -0.3 is 10.2 Å². The third-order valence-electron chi connectivity index (χ3n) is 2.61. The summed E-state index contributed by atoms with van der Waals surface area (Å²) in [5.74, 6) is 6.23. The highest BCUT2D eigenvalue weighted by Crippen LogP contribution is 2.21. The second-order valence-electron chi connectivity index (χ2n) is 3.90. The first-order valence-corrected chi connectivity index (χ1v) is 5.53. The molecule has 0 fully saturated rings. The third kappa shape index (κ3) is 2.98. The van der Waals surface area contributed by atoms with Crippen LogP contribution in [0.3, 0.4) is 0 Å². The van der Waals surface area contributed by atoms with Crippen molar-refractivity contribution in [1.82, 2.24) is 0 Å². The lowest BCUT2D eigenvalue weighted by atomic mass is 10.2. The van der Waals surface area contributed by atoms with Crippen LogP contribution in [0, 0.1) is 6.92 Å². The van der Waals surface area contributed by atoms with Crippen molar-refractivity contribution in [3.8, 4) is 5.75 Å². The molecule has 3 N–H and O–H groups in total. The van der Waals surface area contributed by atoms with E-state index in [4.69, 9.17) is 10.6 Å². The summed E-state index contributed by atoms with van der Waals surface area (Å²) in [5.41, 5.74) is 5.78. The molecule has 0 saturated carbocycles. The second-order valence-corrected chi connectivity index (χ2v) is 3.90. The van der Waals surface area contributed by atoms with Crippen molar-refractivity contribution in [1.29, 1.82) is 0 Å². The van der Waals surface area contributed by atoms with Crippen LogP contribution in [0.25, 0.3) is 0 Å². The van der Waals surface area contributed by atoms with Crippen LogP contribution in [0.1, 0.15) is 11.1 Å². The smallest absolute Gasteiger partial charge is 0.121 e. The van der Waals surface area contributed by atoms with E-state index in [0.29, 0.717) is 6.61 Å². The minimum atomic E-state index is 0.563.